The number of benzene rings is 2. The smallest absolute Gasteiger partial charge is 0.319 e. The summed E-state index contributed by atoms with van der Waals surface area (Å²) < 4.78 is 5.06. The summed E-state index contributed by atoms with van der Waals surface area (Å²) in [7, 11) is 1.54. The highest BCUT2D eigenvalue weighted by Gasteiger charge is 2.15. The minimum absolute atomic E-state index is 0.325. The maximum atomic E-state index is 12.0. The Hall–Kier alpha value is -3.02. The maximum absolute atomic E-state index is 12.0. The van der Waals surface area contributed by atoms with E-state index in [2.05, 4.69) is 10.6 Å². The fraction of sp³-hybridized carbons (Fsp3) is 0.176. The molecule has 2 aromatic rings. The number of carbonyl (C=O) groups excluding carboxylic acids is 2. The van der Waals surface area contributed by atoms with Gasteiger partial charge in [-0.25, -0.2) is 4.79 Å². The van der Waals surface area contributed by atoms with Gasteiger partial charge in [0.1, 0.15) is 5.75 Å². The Bertz CT molecular complexity index is 656. The van der Waals surface area contributed by atoms with Crippen molar-refractivity contribution in [1.29, 1.82) is 0 Å². The molecule has 23 heavy (non-hydrogen) atoms. The first-order valence-corrected chi connectivity index (χ1v) is 7.05. The van der Waals surface area contributed by atoms with E-state index in [-0.39, 0.29) is 6.42 Å². The average molecular weight is 313 g/mol. The normalized spacial score (nSPS) is 11.3. The lowest BCUT2D eigenvalue weighted by atomic mass is 10.0. The van der Waals surface area contributed by atoms with E-state index in [1.807, 2.05) is 6.07 Å². The number of urea groups is 1. The van der Waals surface area contributed by atoms with Gasteiger partial charge in [-0.1, -0.05) is 30.3 Å². The van der Waals surface area contributed by atoms with Crippen LogP contribution in [0, 0.1) is 0 Å². The van der Waals surface area contributed by atoms with Gasteiger partial charge >= 0.3 is 6.03 Å². The number of nitrogens with one attached hydrogen (secondary N) is 2. The average Bonchev–Trinajstić information content (AvgIpc) is 2.55. The van der Waals surface area contributed by atoms with Crippen LogP contribution in [0.15, 0.2) is 54.6 Å². The zero-order valence-electron chi connectivity index (χ0n) is 12.6. The molecule has 2 rings (SSSR count). The summed E-state index contributed by atoms with van der Waals surface area (Å²) in [6.45, 7) is 0. The van der Waals surface area contributed by atoms with Crippen LogP contribution in [0.1, 0.15) is 18.0 Å². The monoisotopic (exact) mass is 313 g/mol. The third-order valence-corrected chi connectivity index (χ3v) is 3.23. The van der Waals surface area contributed by atoms with Crippen molar-refractivity contribution in [3.8, 4) is 5.75 Å². The largest absolute Gasteiger partial charge is 0.550 e. The van der Waals surface area contributed by atoms with E-state index in [0.29, 0.717) is 17.0 Å². The Morgan fingerprint density at radius 2 is 1.74 bits per heavy atom. The van der Waals surface area contributed by atoms with Crippen LogP contribution in [0.4, 0.5) is 10.5 Å². The molecule has 1 atom stereocenters. The van der Waals surface area contributed by atoms with Crippen LogP contribution in [0.5, 0.6) is 5.75 Å². The van der Waals surface area contributed by atoms with E-state index in [0.717, 1.165) is 0 Å². The number of carbonyl (C=O) groups is 2. The first kappa shape index (κ1) is 16.4. The van der Waals surface area contributed by atoms with Crippen molar-refractivity contribution in [3.63, 3.8) is 0 Å². The highest BCUT2D eigenvalue weighted by atomic mass is 16.5. The number of carboxylic acids is 1. The molecule has 0 saturated carbocycles. The van der Waals surface area contributed by atoms with Gasteiger partial charge in [-0.15, -0.1) is 0 Å². The topological polar surface area (TPSA) is 90.5 Å². The second-order valence-corrected chi connectivity index (χ2v) is 4.87. The van der Waals surface area contributed by atoms with Crippen LogP contribution in [0.3, 0.4) is 0 Å². The van der Waals surface area contributed by atoms with Crippen LogP contribution in [0.2, 0.25) is 0 Å². The molecule has 0 heterocycles. The quantitative estimate of drug-likeness (QED) is 0.849. The molecule has 0 aliphatic carbocycles. The third kappa shape index (κ3) is 5.03. The molecule has 0 unspecified atom stereocenters. The minimum atomic E-state index is -1.24. The molecule has 0 radical (unpaired) electrons. The van der Waals surface area contributed by atoms with Crippen molar-refractivity contribution >= 4 is 17.7 Å². The molecular weight excluding hydrogens is 296 g/mol. The number of aliphatic carboxylic acids is 1. The number of rotatable bonds is 6. The van der Waals surface area contributed by atoms with Crippen molar-refractivity contribution in [2.24, 2.45) is 0 Å². The molecular formula is C17H17N2O4-. The van der Waals surface area contributed by atoms with E-state index in [4.69, 9.17) is 4.74 Å². The van der Waals surface area contributed by atoms with Crippen molar-refractivity contribution < 1.29 is 19.4 Å². The third-order valence-electron chi connectivity index (χ3n) is 3.23. The molecule has 2 aromatic carbocycles. The number of ether oxygens (including phenoxy) is 1. The Morgan fingerprint density at radius 1 is 1.09 bits per heavy atom. The van der Waals surface area contributed by atoms with Gasteiger partial charge in [0.25, 0.3) is 0 Å². The Kier molecular flexibility index (Phi) is 5.57. The number of anilines is 1. The summed E-state index contributed by atoms with van der Waals surface area (Å²) >= 11 is 0. The van der Waals surface area contributed by atoms with Crippen molar-refractivity contribution in [2.75, 3.05) is 12.4 Å². The Morgan fingerprint density at radius 3 is 2.30 bits per heavy atom. The van der Waals surface area contributed by atoms with E-state index in [1.54, 1.807) is 55.6 Å². The summed E-state index contributed by atoms with van der Waals surface area (Å²) in [5, 5.41) is 16.2. The van der Waals surface area contributed by atoms with Crippen LogP contribution >= 0.6 is 0 Å². The predicted octanol–water partition coefficient (Wildman–Crippen LogP) is 1.70. The molecule has 2 N–H and O–H groups in total. The van der Waals surface area contributed by atoms with Gasteiger partial charge in [-0.2, -0.15) is 0 Å². The lowest BCUT2D eigenvalue weighted by molar-refractivity contribution is -0.306. The van der Waals surface area contributed by atoms with Crippen molar-refractivity contribution in [2.45, 2.75) is 12.5 Å². The standard InChI is InChI=1S/C17H18N2O4/c1-23-14-9-7-12(8-10-14)15(11-16(20)21)19-17(22)18-13-5-3-2-4-6-13/h2-10,15H,11H2,1H3,(H,20,21)(H2,18,19,22)/p-1/t15-/m0/s1. The molecule has 6 nitrogen and oxygen atoms in total. The predicted molar refractivity (Wildman–Crippen MR) is 84.0 cm³/mol. The number of hydrogen-bond donors (Lipinski definition) is 2. The molecule has 0 fully saturated rings. The van der Waals surface area contributed by atoms with Gasteiger partial charge in [0.05, 0.1) is 13.2 Å². The van der Waals surface area contributed by atoms with Crippen molar-refractivity contribution in [3.05, 3.63) is 60.2 Å². The SMILES string of the molecule is COc1ccc([C@H](CC(=O)[O-])NC(=O)Nc2ccccc2)cc1. The van der Waals surface area contributed by atoms with Crippen LogP contribution < -0.4 is 20.5 Å². The molecule has 0 aromatic heterocycles. The highest BCUT2D eigenvalue weighted by molar-refractivity contribution is 5.89. The number of amides is 2. The molecule has 6 heteroatoms. The van der Waals surface area contributed by atoms with Gasteiger partial charge in [0, 0.05) is 18.1 Å². The lowest BCUT2D eigenvalue weighted by Gasteiger charge is -2.20. The van der Waals surface area contributed by atoms with Crippen LogP contribution in [0.25, 0.3) is 0 Å². The van der Waals surface area contributed by atoms with E-state index >= 15 is 0 Å². The molecule has 0 aliphatic heterocycles. The lowest BCUT2D eigenvalue weighted by Crippen LogP contribution is -2.36. The summed E-state index contributed by atoms with van der Waals surface area (Å²) in [4.78, 5) is 23.0. The summed E-state index contributed by atoms with van der Waals surface area (Å²) in [6.07, 6.45) is -0.325. The van der Waals surface area contributed by atoms with Gasteiger partial charge < -0.3 is 25.3 Å². The number of hydrogen-bond acceptors (Lipinski definition) is 4. The van der Waals surface area contributed by atoms with Gasteiger partial charge in [-0.05, 0) is 29.8 Å². The molecule has 0 bridgehead atoms. The summed E-state index contributed by atoms with van der Waals surface area (Å²) in [6, 6.07) is 14.5. The molecule has 120 valence electrons. The second-order valence-electron chi connectivity index (χ2n) is 4.87. The Labute approximate surface area is 134 Å². The number of methoxy groups -OCH3 is 1. The fourth-order valence-electron chi connectivity index (χ4n) is 2.10. The van der Waals surface area contributed by atoms with Crippen LogP contribution in [-0.2, 0) is 4.79 Å². The molecule has 0 spiro atoms. The zero-order valence-corrected chi connectivity index (χ0v) is 12.6. The molecule has 2 amide bonds. The summed E-state index contributed by atoms with van der Waals surface area (Å²) in [5.41, 5.74) is 1.27. The molecule has 0 aliphatic rings. The maximum Gasteiger partial charge on any atom is 0.319 e. The number of para-hydroxylation sites is 1. The minimum Gasteiger partial charge on any atom is -0.550 e. The van der Waals surface area contributed by atoms with Gasteiger partial charge in [0.2, 0.25) is 0 Å². The van der Waals surface area contributed by atoms with E-state index in [1.165, 1.54) is 0 Å². The summed E-state index contributed by atoms with van der Waals surface area (Å²) in [5.74, 6) is -0.597. The second kappa shape index (κ2) is 7.84. The first-order valence-electron chi connectivity index (χ1n) is 7.05. The number of carboxylic acid groups (broad SMARTS) is 1. The van der Waals surface area contributed by atoms with E-state index in [9.17, 15) is 14.7 Å². The van der Waals surface area contributed by atoms with Gasteiger partial charge in [0.15, 0.2) is 0 Å². The van der Waals surface area contributed by atoms with Crippen LogP contribution in [-0.4, -0.2) is 19.1 Å². The molecule has 0 saturated heterocycles. The van der Waals surface area contributed by atoms with E-state index < -0.39 is 18.0 Å². The fourth-order valence-corrected chi connectivity index (χ4v) is 2.10. The first-order chi connectivity index (χ1) is 11.1. The van der Waals surface area contributed by atoms with Crippen molar-refractivity contribution in [1.82, 2.24) is 5.32 Å². The van der Waals surface area contributed by atoms with Gasteiger partial charge in [-0.3, -0.25) is 0 Å². The Balaban J connectivity index is 2.08. The highest BCUT2D eigenvalue weighted by Crippen LogP contribution is 2.20. The zero-order chi connectivity index (χ0) is 16.7.